The molecule has 3 heteroatoms. The molecule has 0 aliphatic carbocycles. The number of anilines is 1. The number of benzene rings is 1. The van der Waals surface area contributed by atoms with E-state index in [9.17, 15) is 4.79 Å². The van der Waals surface area contributed by atoms with Crippen LogP contribution in [-0.2, 0) is 11.3 Å². The highest BCUT2D eigenvalue weighted by molar-refractivity contribution is 5.99. The Kier molecular flexibility index (Phi) is 4.73. The van der Waals surface area contributed by atoms with E-state index in [2.05, 4.69) is 10.6 Å². The lowest BCUT2D eigenvalue weighted by molar-refractivity contribution is -0.111. The molecule has 0 heterocycles. The van der Waals surface area contributed by atoms with Crippen molar-refractivity contribution in [1.29, 1.82) is 0 Å². The molecular formula is C13H18N2O. The van der Waals surface area contributed by atoms with Crippen LogP contribution in [0.3, 0.4) is 0 Å². The van der Waals surface area contributed by atoms with Crippen LogP contribution in [0.2, 0.25) is 0 Å². The van der Waals surface area contributed by atoms with E-state index in [0.717, 1.165) is 23.4 Å². The molecule has 1 aromatic rings. The van der Waals surface area contributed by atoms with Crippen LogP contribution in [0.15, 0.2) is 35.9 Å². The number of carbonyl (C=O) groups is 1. The normalized spacial score (nSPS) is 9.69. The summed E-state index contributed by atoms with van der Waals surface area (Å²) in [5.41, 5.74) is 2.97. The van der Waals surface area contributed by atoms with E-state index >= 15 is 0 Å². The molecule has 0 spiro atoms. The first kappa shape index (κ1) is 12.5. The van der Waals surface area contributed by atoms with Gasteiger partial charge in [-0.1, -0.05) is 17.7 Å². The number of rotatable bonds is 4. The van der Waals surface area contributed by atoms with Gasteiger partial charge in [0.2, 0.25) is 5.91 Å². The van der Waals surface area contributed by atoms with E-state index in [1.54, 1.807) is 6.08 Å². The molecule has 16 heavy (non-hydrogen) atoms. The zero-order valence-electron chi connectivity index (χ0n) is 10.0. The zero-order valence-corrected chi connectivity index (χ0v) is 10.0. The Morgan fingerprint density at radius 1 is 1.38 bits per heavy atom. The summed E-state index contributed by atoms with van der Waals surface area (Å²) < 4.78 is 0. The lowest BCUT2D eigenvalue weighted by Crippen LogP contribution is -2.10. The van der Waals surface area contributed by atoms with Gasteiger partial charge in [0.15, 0.2) is 0 Å². The molecule has 0 aliphatic heterocycles. The molecule has 0 saturated carbocycles. The molecule has 0 radical (unpaired) electrons. The lowest BCUT2D eigenvalue weighted by atomic mass is 10.2. The van der Waals surface area contributed by atoms with Crippen molar-refractivity contribution < 1.29 is 4.79 Å². The molecule has 2 N–H and O–H groups in total. The van der Waals surface area contributed by atoms with Crippen LogP contribution >= 0.6 is 0 Å². The third-order valence-electron chi connectivity index (χ3n) is 2.00. The van der Waals surface area contributed by atoms with Crippen molar-refractivity contribution in [2.75, 3.05) is 12.4 Å². The number of allylic oxidation sites excluding steroid dienone is 1. The van der Waals surface area contributed by atoms with Gasteiger partial charge in [0, 0.05) is 18.3 Å². The molecule has 0 bridgehead atoms. The van der Waals surface area contributed by atoms with Crippen LogP contribution in [0.5, 0.6) is 0 Å². The summed E-state index contributed by atoms with van der Waals surface area (Å²) in [5.74, 6) is -0.0818. The van der Waals surface area contributed by atoms with Crippen molar-refractivity contribution >= 4 is 11.6 Å². The summed E-state index contributed by atoms with van der Waals surface area (Å²) >= 11 is 0. The predicted octanol–water partition coefficient (Wildman–Crippen LogP) is 2.31. The van der Waals surface area contributed by atoms with Crippen molar-refractivity contribution in [2.24, 2.45) is 0 Å². The minimum Gasteiger partial charge on any atom is -0.323 e. The SMILES string of the molecule is CNCc1cccc(NC(=O)C=C(C)C)c1. The fourth-order valence-corrected chi connectivity index (χ4v) is 1.40. The molecule has 0 unspecified atom stereocenters. The maximum absolute atomic E-state index is 11.5. The molecule has 0 aliphatic rings. The number of nitrogens with one attached hydrogen (secondary N) is 2. The fraction of sp³-hybridized carbons (Fsp3) is 0.308. The smallest absolute Gasteiger partial charge is 0.248 e. The maximum atomic E-state index is 11.5. The Labute approximate surface area is 96.6 Å². The first-order valence-electron chi connectivity index (χ1n) is 5.31. The van der Waals surface area contributed by atoms with Gasteiger partial charge in [-0.05, 0) is 38.6 Å². The van der Waals surface area contributed by atoms with Crippen molar-refractivity contribution in [3.63, 3.8) is 0 Å². The second kappa shape index (κ2) is 6.08. The molecule has 3 nitrogen and oxygen atoms in total. The van der Waals surface area contributed by atoms with Crippen LogP contribution in [0.25, 0.3) is 0 Å². The Morgan fingerprint density at radius 3 is 2.75 bits per heavy atom. The van der Waals surface area contributed by atoms with Gasteiger partial charge in [-0.25, -0.2) is 0 Å². The van der Waals surface area contributed by atoms with Gasteiger partial charge in [0.05, 0.1) is 0 Å². The minimum atomic E-state index is -0.0818. The molecule has 1 rings (SSSR count). The van der Waals surface area contributed by atoms with Gasteiger partial charge in [0.25, 0.3) is 0 Å². The largest absolute Gasteiger partial charge is 0.323 e. The Hall–Kier alpha value is -1.61. The zero-order chi connectivity index (χ0) is 12.0. The number of hydrogen-bond acceptors (Lipinski definition) is 2. The third-order valence-corrected chi connectivity index (χ3v) is 2.00. The van der Waals surface area contributed by atoms with E-state index in [0.29, 0.717) is 0 Å². The van der Waals surface area contributed by atoms with E-state index in [4.69, 9.17) is 0 Å². The van der Waals surface area contributed by atoms with Crippen LogP contribution in [-0.4, -0.2) is 13.0 Å². The predicted molar refractivity (Wildman–Crippen MR) is 67.3 cm³/mol. The highest BCUT2D eigenvalue weighted by atomic mass is 16.1. The highest BCUT2D eigenvalue weighted by Crippen LogP contribution is 2.10. The second-order valence-corrected chi connectivity index (χ2v) is 3.94. The van der Waals surface area contributed by atoms with Crippen molar-refractivity contribution in [3.8, 4) is 0 Å². The Morgan fingerprint density at radius 2 is 2.12 bits per heavy atom. The molecule has 1 amide bonds. The molecular weight excluding hydrogens is 200 g/mol. The summed E-state index contributed by atoms with van der Waals surface area (Å²) in [7, 11) is 1.90. The number of carbonyl (C=O) groups excluding carboxylic acids is 1. The monoisotopic (exact) mass is 218 g/mol. The van der Waals surface area contributed by atoms with Crippen LogP contribution in [0.1, 0.15) is 19.4 Å². The van der Waals surface area contributed by atoms with Crippen molar-refractivity contribution in [2.45, 2.75) is 20.4 Å². The van der Waals surface area contributed by atoms with E-state index in [1.807, 2.05) is 45.2 Å². The Balaban J connectivity index is 2.70. The summed E-state index contributed by atoms with van der Waals surface area (Å²) in [6, 6.07) is 7.81. The first-order chi connectivity index (χ1) is 7.61. The van der Waals surface area contributed by atoms with E-state index in [1.165, 1.54) is 0 Å². The average molecular weight is 218 g/mol. The molecule has 0 aromatic heterocycles. The number of hydrogen-bond donors (Lipinski definition) is 2. The number of amides is 1. The quantitative estimate of drug-likeness (QED) is 0.761. The lowest BCUT2D eigenvalue weighted by Gasteiger charge is -2.05. The van der Waals surface area contributed by atoms with Crippen molar-refractivity contribution in [1.82, 2.24) is 5.32 Å². The van der Waals surface area contributed by atoms with Gasteiger partial charge in [-0.2, -0.15) is 0 Å². The van der Waals surface area contributed by atoms with E-state index < -0.39 is 0 Å². The van der Waals surface area contributed by atoms with Crippen LogP contribution in [0.4, 0.5) is 5.69 Å². The summed E-state index contributed by atoms with van der Waals surface area (Å²) in [6.45, 7) is 4.60. The van der Waals surface area contributed by atoms with Gasteiger partial charge in [-0.15, -0.1) is 0 Å². The van der Waals surface area contributed by atoms with Gasteiger partial charge in [-0.3, -0.25) is 4.79 Å². The maximum Gasteiger partial charge on any atom is 0.248 e. The minimum absolute atomic E-state index is 0.0818. The fourth-order valence-electron chi connectivity index (χ4n) is 1.40. The van der Waals surface area contributed by atoms with Gasteiger partial charge in [0.1, 0.15) is 0 Å². The molecule has 0 fully saturated rings. The molecule has 0 atom stereocenters. The Bertz CT molecular complexity index is 393. The first-order valence-corrected chi connectivity index (χ1v) is 5.31. The van der Waals surface area contributed by atoms with Crippen LogP contribution in [0, 0.1) is 0 Å². The summed E-state index contributed by atoms with van der Waals surface area (Å²) in [5, 5.41) is 5.90. The van der Waals surface area contributed by atoms with Gasteiger partial charge < -0.3 is 10.6 Å². The highest BCUT2D eigenvalue weighted by Gasteiger charge is 1.99. The summed E-state index contributed by atoms with van der Waals surface area (Å²) in [6.07, 6.45) is 1.59. The van der Waals surface area contributed by atoms with Crippen molar-refractivity contribution in [3.05, 3.63) is 41.5 Å². The molecule has 86 valence electrons. The average Bonchev–Trinajstić information content (AvgIpc) is 2.17. The standard InChI is InChI=1S/C13H18N2O/c1-10(2)7-13(16)15-12-6-4-5-11(8-12)9-14-3/h4-8,14H,9H2,1-3H3,(H,15,16). The topological polar surface area (TPSA) is 41.1 Å². The van der Waals surface area contributed by atoms with Crippen LogP contribution < -0.4 is 10.6 Å². The summed E-state index contributed by atoms with van der Waals surface area (Å²) in [4.78, 5) is 11.5. The third kappa shape index (κ3) is 4.28. The van der Waals surface area contributed by atoms with Gasteiger partial charge >= 0.3 is 0 Å². The molecule has 0 saturated heterocycles. The van der Waals surface area contributed by atoms with E-state index in [-0.39, 0.29) is 5.91 Å². The molecule has 1 aromatic carbocycles. The second-order valence-electron chi connectivity index (χ2n) is 3.94.